The fourth-order valence-corrected chi connectivity index (χ4v) is 14.1. The van der Waals surface area contributed by atoms with Crippen LogP contribution in [0.2, 0.25) is 0 Å². The highest BCUT2D eigenvalue weighted by atomic mass is 32.2. The van der Waals surface area contributed by atoms with Gasteiger partial charge in [0.05, 0.1) is 16.4 Å². The maximum Gasteiger partial charge on any atom is 0.171 e. The van der Waals surface area contributed by atoms with Crippen LogP contribution in [0, 0.1) is 0 Å². The molecule has 12 rings (SSSR count). The first-order valence-corrected chi connectivity index (χ1v) is 22.3. The van der Waals surface area contributed by atoms with Gasteiger partial charge in [-0.2, -0.15) is 0 Å². The third-order valence-electron chi connectivity index (χ3n) is 12.6. The summed E-state index contributed by atoms with van der Waals surface area (Å²) in [6.45, 7) is 0. The van der Waals surface area contributed by atoms with E-state index in [0.29, 0.717) is 0 Å². The summed E-state index contributed by atoms with van der Waals surface area (Å²) in [5.74, 6) is 0. The topological polar surface area (TPSA) is 22.0 Å². The number of rotatable bonds is 4. The molecule has 1 aromatic heterocycles. The van der Waals surface area contributed by atoms with Gasteiger partial charge in [0.2, 0.25) is 0 Å². The maximum absolute atomic E-state index is 15.3. The monoisotopic (exact) mass is 765 g/mol. The van der Waals surface area contributed by atoms with Crippen molar-refractivity contribution in [3.8, 4) is 5.69 Å². The molecule has 9 aromatic rings. The van der Waals surface area contributed by atoms with Crippen molar-refractivity contribution >= 4 is 73.0 Å². The van der Waals surface area contributed by atoms with Crippen LogP contribution < -0.4 is 15.9 Å². The number of nitrogens with zero attached hydrogens (tertiary/aromatic N) is 1. The van der Waals surface area contributed by atoms with Crippen LogP contribution in [0.25, 0.3) is 43.8 Å². The molecular formula is C53H36NOPS. The molecular weight excluding hydrogens is 730 g/mol. The summed E-state index contributed by atoms with van der Waals surface area (Å²) >= 11 is 1.90. The first kappa shape index (κ1) is 33.1. The van der Waals surface area contributed by atoms with Crippen LogP contribution >= 0.6 is 18.9 Å². The van der Waals surface area contributed by atoms with E-state index in [4.69, 9.17) is 0 Å². The fraction of sp³-hybridized carbons (Fsp3) is 0.0566. The van der Waals surface area contributed by atoms with E-state index in [1.165, 1.54) is 70.3 Å². The standard InChI is InChI=1S/C53H36NOPS/c55-56(37-16-3-1-4-17-37,38-18-5-2-6-19-38)39-30-28-36(29-31-39)54-48-32-27-35-15-7-8-20-40(35)52(48)43-33-47-51(34-49(43)54)57-50-26-14-13-25-46(50)53(47)44-23-11-9-21-41(44)42-22-10-12-24-45(42)53/h1-11,13-23,25-34H,12,24H2. The second-order valence-corrected chi connectivity index (χ2v) is 19.3. The summed E-state index contributed by atoms with van der Waals surface area (Å²) in [7, 11) is -3.12. The number of aromatic nitrogens is 1. The van der Waals surface area contributed by atoms with Crippen LogP contribution in [0.15, 0.2) is 210 Å². The molecule has 57 heavy (non-hydrogen) atoms. The Kier molecular flexibility index (Phi) is 7.21. The Bertz CT molecular complexity index is 3190. The highest BCUT2D eigenvalue weighted by Crippen LogP contribution is 2.63. The minimum Gasteiger partial charge on any atom is -0.309 e. The highest BCUT2D eigenvalue weighted by Gasteiger charge is 2.51. The third kappa shape index (κ3) is 4.53. The molecule has 0 bridgehead atoms. The molecule has 4 heteroatoms. The number of hydrogen-bond donors (Lipinski definition) is 0. The van der Waals surface area contributed by atoms with Gasteiger partial charge in [-0.1, -0.05) is 157 Å². The molecule has 0 saturated heterocycles. The normalized spacial score (nSPS) is 16.9. The lowest BCUT2D eigenvalue weighted by molar-refractivity contribution is 0.592. The molecule has 2 nitrogen and oxygen atoms in total. The Hall–Kier alpha value is -6.12. The van der Waals surface area contributed by atoms with Crippen molar-refractivity contribution < 1.29 is 4.57 Å². The zero-order valence-corrected chi connectivity index (χ0v) is 32.8. The third-order valence-corrected chi connectivity index (χ3v) is 16.8. The molecule has 1 unspecified atom stereocenters. The molecule has 270 valence electrons. The summed E-state index contributed by atoms with van der Waals surface area (Å²) < 4.78 is 17.8. The van der Waals surface area contributed by atoms with E-state index < -0.39 is 7.14 Å². The van der Waals surface area contributed by atoms with E-state index in [9.17, 15) is 0 Å². The minimum absolute atomic E-state index is 0.376. The summed E-state index contributed by atoms with van der Waals surface area (Å²) in [5, 5.41) is 7.49. The van der Waals surface area contributed by atoms with Gasteiger partial charge >= 0.3 is 0 Å². The second kappa shape index (κ2) is 12.4. The van der Waals surface area contributed by atoms with Crippen LogP contribution in [0.4, 0.5) is 0 Å². The molecule has 1 atom stereocenters. The van der Waals surface area contributed by atoms with Gasteiger partial charge in [0, 0.05) is 42.2 Å². The summed E-state index contributed by atoms with van der Waals surface area (Å²) in [4.78, 5) is 2.61. The Morgan fingerprint density at radius 1 is 0.544 bits per heavy atom. The Labute approximate surface area is 336 Å². The first-order valence-electron chi connectivity index (χ1n) is 19.8. The predicted molar refractivity (Wildman–Crippen MR) is 240 cm³/mol. The van der Waals surface area contributed by atoms with Crippen molar-refractivity contribution in [1.29, 1.82) is 0 Å². The SMILES string of the molecule is O=P(c1ccccc1)(c1ccccc1)c1ccc(-n2c3cc4c(cc3c3c5ccccc5ccc32)C2(C3=C(C=CCC3)c3ccccc32)c2ccccc2S4)cc1. The number of allylic oxidation sites excluding steroid dienone is 4. The Balaban J connectivity index is 1.14. The number of benzene rings is 8. The molecule has 0 saturated carbocycles. The molecule has 0 fully saturated rings. The van der Waals surface area contributed by atoms with Crippen molar-refractivity contribution in [3.05, 3.63) is 222 Å². The quantitative estimate of drug-likeness (QED) is 0.167. The minimum atomic E-state index is -3.12. The average molecular weight is 766 g/mol. The van der Waals surface area contributed by atoms with E-state index in [2.05, 4.69) is 138 Å². The van der Waals surface area contributed by atoms with Crippen LogP contribution in [-0.2, 0) is 9.98 Å². The highest BCUT2D eigenvalue weighted by molar-refractivity contribution is 7.99. The average Bonchev–Trinajstić information content (AvgIpc) is 3.77. The number of hydrogen-bond acceptors (Lipinski definition) is 2. The van der Waals surface area contributed by atoms with Gasteiger partial charge in [-0.3, -0.25) is 0 Å². The smallest absolute Gasteiger partial charge is 0.171 e. The summed E-state index contributed by atoms with van der Waals surface area (Å²) in [6, 6.07) is 65.0. The van der Waals surface area contributed by atoms with Crippen molar-refractivity contribution in [1.82, 2.24) is 4.57 Å². The lowest BCUT2D eigenvalue weighted by Gasteiger charge is -2.41. The summed E-state index contributed by atoms with van der Waals surface area (Å²) in [5.41, 5.74) is 11.4. The Morgan fingerprint density at radius 2 is 1.21 bits per heavy atom. The molecule has 0 amide bonds. The van der Waals surface area contributed by atoms with Gasteiger partial charge in [0.1, 0.15) is 0 Å². The van der Waals surface area contributed by atoms with Crippen LogP contribution in [0.5, 0.6) is 0 Å². The predicted octanol–water partition coefficient (Wildman–Crippen LogP) is 12.5. The first-order chi connectivity index (χ1) is 28.2. The van der Waals surface area contributed by atoms with Crippen molar-refractivity contribution in [3.63, 3.8) is 0 Å². The van der Waals surface area contributed by atoms with Gasteiger partial charge in [-0.05, 0) is 106 Å². The van der Waals surface area contributed by atoms with Crippen molar-refractivity contribution in [2.75, 3.05) is 0 Å². The summed E-state index contributed by atoms with van der Waals surface area (Å²) in [6.07, 6.45) is 6.81. The molecule has 0 N–H and O–H groups in total. The lowest BCUT2D eigenvalue weighted by Crippen LogP contribution is -2.33. The van der Waals surface area contributed by atoms with Gasteiger partial charge < -0.3 is 9.13 Å². The van der Waals surface area contributed by atoms with Crippen LogP contribution in [0.1, 0.15) is 35.1 Å². The fourth-order valence-electron chi connectivity index (χ4n) is 10.3. The zero-order valence-electron chi connectivity index (χ0n) is 31.1. The largest absolute Gasteiger partial charge is 0.309 e. The molecule has 3 aliphatic rings. The van der Waals surface area contributed by atoms with E-state index >= 15 is 4.57 Å². The molecule has 2 heterocycles. The maximum atomic E-state index is 15.3. The molecule has 0 radical (unpaired) electrons. The molecule has 2 aliphatic carbocycles. The number of fused-ring (bicyclic) bond motifs is 13. The van der Waals surface area contributed by atoms with Gasteiger partial charge in [-0.15, -0.1) is 0 Å². The van der Waals surface area contributed by atoms with Gasteiger partial charge in [0.25, 0.3) is 0 Å². The molecule has 1 spiro atoms. The van der Waals surface area contributed by atoms with E-state index in [1.54, 1.807) is 0 Å². The van der Waals surface area contributed by atoms with Crippen molar-refractivity contribution in [2.45, 2.75) is 28.0 Å². The van der Waals surface area contributed by atoms with E-state index in [0.717, 1.165) is 40.0 Å². The molecule has 8 aromatic carbocycles. The second-order valence-electron chi connectivity index (χ2n) is 15.4. The van der Waals surface area contributed by atoms with Crippen LogP contribution in [-0.4, -0.2) is 4.57 Å². The van der Waals surface area contributed by atoms with Gasteiger partial charge in [-0.25, -0.2) is 0 Å². The van der Waals surface area contributed by atoms with E-state index in [1.807, 2.05) is 72.4 Å². The lowest BCUT2D eigenvalue weighted by atomic mass is 9.65. The van der Waals surface area contributed by atoms with E-state index in [-0.39, 0.29) is 5.41 Å². The Morgan fingerprint density at radius 3 is 2.00 bits per heavy atom. The van der Waals surface area contributed by atoms with Gasteiger partial charge in [0.15, 0.2) is 7.14 Å². The van der Waals surface area contributed by atoms with Crippen LogP contribution in [0.3, 0.4) is 0 Å². The zero-order chi connectivity index (χ0) is 37.7. The molecule has 1 aliphatic heterocycles. The van der Waals surface area contributed by atoms with Crippen molar-refractivity contribution in [2.24, 2.45) is 0 Å².